The van der Waals surface area contributed by atoms with Crippen LogP contribution in [0.4, 0.5) is 0 Å². The fourth-order valence-electron chi connectivity index (χ4n) is 2.38. The minimum absolute atomic E-state index is 0. The maximum atomic E-state index is 9.65. The van der Waals surface area contributed by atoms with Gasteiger partial charge in [-0.15, -0.1) is 9.81 Å². The van der Waals surface area contributed by atoms with E-state index in [1.807, 2.05) is 19.1 Å². The fraction of sp³-hybridized carbons (Fsp3) is 0.654. The second-order valence-electron chi connectivity index (χ2n) is 8.41. The summed E-state index contributed by atoms with van der Waals surface area (Å²) < 4.78 is 0. The maximum Gasteiger partial charge on any atom is 0.103 e. The summed E-state index contributed by atoms with van der Waals surface area (Å²) in [7, 11) is 0.0675. The van der Waals surface area contributed by atoms with Crippen LogP contribution in [0.3, 0.4) is 0 Å². The molecular weight excluding hydrogens is 536 g/mol. The normalized spacial score (nSPS) is 10.9. The van der Waals surface area contributed by atoms with Crippen LogP contribution in [0.1, 0.15) is 92.6 Å². The number of hydrogen-bond donors (Lipinski definition) is 4. The van der Waals surface area contributed by atoms with Gasteiger partial charge in [-0.05, 0) is 81.9 Å². The quantitative estimate of drug-likeness (QED) is 0.104. The molecule has 0 aliphatic rings. The van der Waals surface area contributed by atoms with Crippen LogP contribution >= 0.6 is 7.92 Å². The predicted octanol–water partition coefficient (Wildman–Crippen LogP) is 7.95. The Balaban J connectivity index is -0.000000201. The molecule has 4 N–H and O–H groups in total. The largest absolute Gasteiger partial charge is 0.291 e. The van der Waals surface area contributed by atoms with E-state index in [0.29, 0.717) is 11.4 Å². The van der Waals surface area contributed by atoms with Crippen LogP contribution in [-0.4, -0.2) is 33.9 Å². The van der Waals surface area contributed by atoms with Crippen LogP contribution in [0.5, 0.6) is 0 Å². The van der Waals surface area contributed by atoms with E-state index in [2.05, 4.69) is 36.1 Å². The van der Waals surface area contributed by atoms with E-state index < -0.39 is 0 Å². The third-order valence-electron chi connectivity index (χ3n) is 5.19. The molecule has 1 aromatic heterocycles. The Hall–Kier alpha value is -1.71. The Kier molecular flexibility index (Phi) is 37.0. The number of aryl methyl sites for hydroxylation is 1. The summed E-state index contributed by atoms with van der Waals surface area (Å²) in [5.41, 5.74) is 6.13. The van der Waals surface area contributed by atoms with Crippen LogP contribution in [0.2, 0.25) is 0 Å². The molecule has 1 rings (SSSR count). The number of nitrogens with one attached hydrogen (secondary N) is 2. The van der Waals surface area contributed by atoms with Crippen LogP contribution in [-0.2, 0) is 16.8 Å². The Labute approximate surface area is 236 Å². The molecule has 9 nitrogen and oxygen atoms in total. The Morgan fingerprint density at radius 3 is 1.27 bits per heavy atom. The summed E-state index contributed by atoms with van der Waals surface area (Å²) in [6, 6.07) is 3.94. The third kappa shape index (κ3) is 30.4. The molecular formula is C26H51CoN5O4P+. The number of nitroso groups, excluding NO2 is 2. The first kappa shape index (κ1) is 42.4. The molecule has 0 saturated heterocycles. The standard InChI is InChI=1S/C12H27P.C6H7N.2C4H8N2O2.Co/c1-4-7-10-13(11-8-5-2)12-9-6-3;1-6-2-4-7-5-3-6;2*1-3(5-7)4(2)6-8;/h4-12H2,1-3H3;2-5H,1H3;2*5,7H,1-2H3;/p+1/b;;2*4-3-;. The summed E-state index contributed by atoms with van der Waals surface area (Å²) in [6.45, 7) is 15.1. The number of hydrogen-bond acceptors (Lipinski definition) is 9. The minimum atomic E-state index is 0. The second kappa shape index (κ2) is 32.3. The number of aromatic nitrogens is 1. The van der Waals surface area contributed by atoms with Crippen LogP contribution in [0.15, 0.2) is 57.7 Å². The Morgan fingerprint density at radius 2 is 1.11 bits per heavy atom. The number of hydroxylamine groups is 2. The smallest absolute Gasteiger partial charge is 0.103 e. The van der Waals surface area contributed by atoms with Gasteiger partial charge in [0.15, 0.2) is 0 Å². The summed E-state index contributed by atoms with van der Waals surface area (Å²) in [5, 5.41) is 21.4. The van der Waals surface area contributed by atoms with Crippen molar-refractivity contribution in [3.05, 3.63) is 62.7 Å². The summed E-state index contributed by atoms with van der Waals surface area (Å²) in [4.78, 5) is 23.1. The fourth-order valence-corrected chi connectivity index (χ4v) is 5.69. The van der Waals surface area contributed by atoms with Crippen molar-refractivity contribution in [3.63, 3.8) is 0 Å². The number of unbranched alkanes of at least 4 members (excludes halogenated alkanes) is 3. The van der Waals surface area contributed by atoms with Crippen molar-refractivity contribution in [2.45, 2.75) is 93.9 Å². The van der Waals surface area contributed by atoms with Crippen LogP contribution in [0, 0.1) is 16.7 Å². The summed E-state index contributed by atoms with van der Waals surface area (Å²) in [5.74, 6) is 0. The molecule has 37 heavy (non-hydrogen) atoms. The summed E-state index contributed by atoms with van der Waals surface area (Å²) in [6.07, 6.45) is 17.0. The average molecular weight is 588 g/mol. The Bertz CT molecular complexity index is 673. The topological polar surface area (TPSA) is 136 Å². The van der Waals surface area contributed by atoms with Crippen molar-refractivity contribution in [1.29, 1.82) is 0 Å². The molecule has 0 amide bonds. The molecule has 0 aliphatic heterocycles. The van der Waals surface area contributed by atoms with Gasteiger partial charge in [-0.1, -0.05) is 40.0 Å². The van der Waals surface area contributed by atoms with Gasteiger partial charge in [-0.3, -0.25) is 26.4 Å². The molecule has 0 saturated carbocycles. The monoisotopic (exact) mass is 587 g/mol. The molecule has 1 aromatic rings. The first-order chi connectivity index (χ1) is 17.2. The zero-order valence-corrected chi connectivity index (χ0v) is 26.1. The van der Waals surface area contributed by atoms with Crippen LogP contribution in [0.25, 0.3) is 0 Å². The third-order valence-corrected chi connectivity index (χ3v) is 8.38. The zero-order valence-electron chi connectivity index (χ0n) is 24.1. The average Bonchev–Trinajstić information content (AvgIpc) is 2.92. The van der Waals surface area contributed by atoms with E-state index in [-0.39, 0.29) is 36.1 Å². The molecule has 0 atom stereocenters. The van der Waals surface area contributed by atoms with Gasteiger partial charge in [0, 0.05) is 37.1 Å². The number of nitrogens with zero attached hydrogens (tertiary/aromatic N) is 3. The molecule has 1 heterocycles. The van der Waals surface area contributed by atoms with Crippen molar-refractivity contribution < 1.29 is 27.2 Å². The van der Waals surface area contributed by atoms with E-state index in [4.69, 9.17) is 10.4 Å². The number of pyridine rings is 1. The summed E-state index contributed by atoms with van der Waals surface area (Å²) >= 11 is 0. The molecule has 0 aromatic carbocycles. The molecule has 0 unspecified atom stereocenters. The number of rotatable bonds is 13. The van der Waals surface area contributed by atoms with Gasteiger partial charge in [0.05, 0.1) is 29.9 Å². The van der Waals surface area contributed by atoms with Crippen molar-refractivity contribution >= 4 is 7.92 Å². The molecule has 0 bridgehead atoms. The van der Waals surface area contributed by atoms with Gasteiger partial charge in [-0.25, -0.2) is 0 Å². The van der Waals surface area contributed by atoms with E-state index in [0.717, 1.165) is 0 Å². The molecule has 1 radical (unpaired) electrons. The minimum Gasteiger partial charge on any atom is -0.291 e. The van der Waals surface area contributed by atoms with Crippen molar-refractivity contribution in [1.82, 2.24) is 15.9 Å². The SMILES string of the molecule is C/C(N=O)=C(\C)NO.C/C(N=O)=C(\C)NO.CCCC[PH+](CCCC)CCCC.Cc1ccncc1.[Co]. The number of allylic oxidation sites excluding steroid dienone is 4. The van der Waals surface area contributed by atoms with Gasteiger partial charge in [0.25, 0.3) is 0 Å². The Morgan fingerprint density at radius 1 is 0.784 bits per heavy atom. The first-order valence-corrected chi connectivity index (χ1v) is 14.8. The van der Waals surface area contributed by atoms with Crippen molar-refractivity contribution in [2.24, 2.45) is 10.4 Å². The van der Waals surface area contributed by atoms with Crippen molar-refractivity contribution in [3.8, 4) is 0 Å². The van der Waals surface area contributed by atoms with Gasteiger partial charge < -0.3 is 0 Å². The van der Waals surface area contributed by atoms with Gasteiger partial charge in [0.2, 0.25) is 0 Å². The van der Waals surface area contributed by atoms with E-state index in [9.17, 15) is 9.81 Å². The van der Waals surface area contributed by atoms with Crippen molar-refractivity contribution in [2.75, 3.05) is 18.5 Å². The van der Waals surface area contributed by atoms with Gasteiger partial charge in [0.1, 0.15) is 11.4 Å². The first-order valence-electron chi connectivity index (χ1n) is 12.7. The van der Waals surface area contributed by atoms with Gasteiger partial charge >= 0.3 is 0 Å². The molecule has 11 heteroatoms. The van der Waals surface area contributed by atoms with Gasteiger partial charge in [-0.2, -0.15) is 0 Å². The second-order valence-corrected chi connectivity index (χ2v) is 11.4. The maximum absolute atomic E-state index is 9.65. The van der Waals surface area contributed by atoms with E-state index >= 15 is 0 Å². The van der Waals surface area contributed by atoms with E-state index in [1.54, 1.807) is 55.7 Å². The molecule has 217 valence electrons. The van der Waals surface area contributed by atoms with Crippen LogP contribution < -0.4 is 11.0 Å². The molecule has 0 spiro atoms. The molecule has 0 aliphatic carbocycles. The predicted molar refractivity (Wildman–Crippen MR) is 155 cm³/mol. The molecule has 0 fully saturated rings. The van der Waals surface area contributed by atoms with E-state index in [1.165, 1.54) is 57.9 Å². The zero-order chi connectivity index (χ0) is 28.2.